The zero-order valence-electron chi connectivity index (χ0n) is 16.2. The van der Waals surface area contributed by atoms with E-state index in [-0.39, 0.29) is 4.90 Å². The van der Waals surface area contributed by atoms with Crippen LogP contribution in [0.4, 0.5) is 10.5 Å². The number of amides is 3. The average Bonchev–Trinajstić information content (AvgIpc) is 2.65. The number of carbonyl (C=O) groups excluding carboxylic acids is 2. The van der Waals surface area contributed by atoms with E-state index in [9.17, 15) is 18.0 Å². The number of carbonyl (C=O) groups is 2. The SMILES string of the molecule is CSCC[C@H](NC(N)=O)C(=O)Nc1ccc(S(=O)(=O)N2CCC(C)CC2)cc1. The predicted molar refractivity (Wildman–Crippen MR) is 112 cm³/mol. The minimum Gasteiger partial charge on any atom is -0.352 e. The summed E-state index contributed by atoms with van der Waals surface area (Å²) in [6, 6.07) is 4.56. The molecular weight excluding hydrogens is 400 g/mol. The van der Waals surface area contributed by atoms with Crippen molar-refractivity contribution in [1.29, 1.82) is 0 Å². The summed E-state index contributed by atoms with van der Waals surface area (Å²) in [5, 5.41) is 5.12. The molecule has 28 heavy (non-hydrogen) atoms. The molecule has 0 unspecified atom stereocenters. The number of piperidine rings is 1. The molecular formula is C18H28N4O4S2. The Kier molecular flexibility index (Phi) is 8.14. The zero-order chi connectivity index (χ0) is 20.7. The Bertz CT molecular complexity index is 775. The second-order valence-corrected chi connectivity index (χ2v) is 9.87. The molecule has 4 N–H and O–H groups in total. The number of urea groups is 1. The van der Waals surface area contributed by atoms with Crippen LogP contribution in [-0.2, 0) is 14.8 Å². The van der Waals surface area contributed by atoms with Gasteiger partial charge in [-0.3, -0.25) is 4.79 Å². The molecule has 1 heterocycles. The van der Waals surface area contributed by atoms with Crippen LogP contribution in [0, 0.1) is 5.92 Å². The monoisotopic (exact) mass is 428 g/mol. The first-order valence-corrected chi connectivity index (χ1v) is 12.0. The van der Waals surface area contributed by atoms with Gasteiger partial charge in [0, 0.05) is 18.8 Å². The van der Waals surface area contributed by atoms with Crippen LogP contribution in [0.25, 0.3) is 0 Å². The number of hydrogen-bond donors (Lipinski definition) is 3. The lowest BCUT2D eigenvalue weighted by Crippen LogP contribution is -2.46. The molecule has 3 amide bonds. The van der Waals surface area contributed by atoms with E-state index in [0.717, 1.165) is 12.8 Å². The van der Waals surface area contributed by atoms with Crippen LogP contribution in [0.5, 0.6) is 0 Å². The summed E-state index contributed by atoms with van der Waals surface area (Å²) in [7, 11) is -3.53. The van der Waals surface area contributed by atoms with Crippen molar-refractivity contribution in [3.8, 4) is 0 Å². The molecule has 1 atom stereocenters. The van der Waals surface area contributed by atoms with Crippen LogP contribution in [-0.4, -0.2) is 55.8 Å². The maximum atomic E-state index is 12.8. The molecule has 1 aliphatic rings. The molecule has 1 saturated heterocycles. The summed E-state index contributed by atoms with van der Waals surface area (Å²) in [6.45, 7) is 3.18. The van der Waals surface area contributed by atoms with Gasteiger partial charge in [-0.2, -0.15) is 16.1 Å². The van der Waals surface area contributed by atoms with Crippen molar-refractivity contribution in [2.24, 2.45) is 11.7 Å². The van der Waals surface area contributed by atoms with Gasteiger partial charge in [0.1, 0.15) is 6.04 Å². The van der Waals surface area contributed by atoms with E-state index in [1.165, 1.54) is 16.4 Å². The molecule has 1 aliphatic heterocycles. The first kappa shape index (κ1) is 22.5. The number of nitrogens with zero attached hydrogens (tertiary/aromatic N) is 1. The van der Waals surface area contributed by atoms with Gasteiger partial charge in [-0.25, -0.2) is 13.2 Å². The van der Waals surface area contributed by atoms with Gasteiger partial charge in [-0.1, -0.05) is 6.92 Å². The molecule has 156 valence electrons. The number of benzene rings is 1. The molecule has 0 aromatic heterocycles. The van der Waals surface area contributed by atoms with Gasteiger partial charge in [0.15, 0.2) is 0 Å². The van der Waals surface area contributed by atoms with E-state index in [2.05, 4.69) is 17.6 Å². The maximum Gasteiger partial charge on any atom is 0.312 e. The third-order valence-corrected chi connectivity index (χ3v) is 7.30. The fourth-order valence-corrected chi connectivity index (χ4v) is 4.93. The minimum absolute atomic E-state index is 0.203. The quantitative estimate of drug-likeness (QED) is 0.583. The number of rotatable bonds is 8. The number of thioether (sulfide) groups is 1. The molecule has 10 heteroatoms. The average molecular weight is 429 g/mol. The van der Waals surface area contributed by atoms with Crippen molar-refractivity contribution in [3.05, 3.63) is 24.3 Å². The largest absolute Gasteiger partial charge is 0.352 e. The van der Waals surface area contributed by atoms with Crippen molar-refractivity contribution >= 4 is 39.4 Å². The maximum absolute atomic E-state index is 12.8. The molecule has 0 spiro atoms. The highest BCUT2D eigenvalue weighted by Crippen LogP contribution is 2.24. The molecule has 1 aromatic carbocycles. The smallest absolute Gasteiger partial charge is 0.312 e. The van der Waals surface area contributed by atoms with Crippen LogP contribution in [0.2, 0.25) is 0 Å². The molecule has 2 rings (SSSR count). The summed E-state index contributed by atoms with van der Waals surface area (Å²) in [4.78, 5) is 23.7. The number of hydrogen-bond acceptors (Lipinski definition) is 5. The Morgan fingerprint density at radius 2 is 1.86 bits per heavy atom. The van der Waals surface area contributed by atoms with Crippen molar-refractivity contribution in [2.45, 2.75) is 37.1 Å². The van der Waals surface area contributed by atoms with E-state index < -0.39 is 28.0 Å². The number of sulfonamides is 1. The van der Waals surface area contributed by atoms with Crippen LogP contribution >= 0.6 is 11.8 Å². The van der Waals surface area contributed by atoms with Gasteiger partial charge in [-0.15, -0.1) is 0 Å². The Morgan fingerprint density at radius 3 is 2.39 bits per heavy atom. The first-order chi connectivity index (χ1) is 13.2. The Labute approximate surface area is 170 Å². The molecule has 1 fully saturated rings. The summed E-state index contributed by atoms with van der Waals surface area (Å²) in [6.07, 6.45) is 4.06. The van der Waals surface area contributed by atoms with Crippen LogP contribution in [0.15, 0.2) is 29.2 Å². The zero-order valence-corrected chi connectivity index (χ0v) is 17.8. The van der Waals surface area contributed by atoms with Gasteiger partial charge in [0.05, 0.1) is 4.90 Å². The van der Waals surface area contributed by atoms with E-state index in [4.69, 9.17) is 5.73 Å². The standard InChI is InChI=1S/C18H28N4O4S2/c1-13-7-10-22(11-8-13)28(25,26)15-5-3-14(4-6-15)20-17(23)16(9-12-27-2)21-18(19)24/h3-6,13,16H,7-12H2,1-2H3,(H,20,23)(H3,19,21,24)/t16-/m0/s1. The van der Waals surface area contributed by atoms with Gasteiger partial charge >= 0.3 is 6.03 Å². The van der Waals surface area contributed by atoms with E-state index in [1.54, 1.807) is 23.9 Å². The van der Waals surface area contributed by atoms with Crippen molar-refractivity contribution in [3.63, 3.8) is 0 Å². The number of nitrogens with two attached hydrogens (primary N) is 1. The highest BCUT2D eigenvalue weighted by molar-refractivity contribution is 7.98. The Morgan fingerprint density at radius 1 is 1.25 bits per heavy atom. The molecule has 0 saturated carbocycles. The number of anilines is 1. The van der Waals surface area contributed by atoms with Gasteiger partial charge in [0.25, 0.3) is 0 Å². The van der Waals surface area contributed by atoms with Crippen LogP contribution in [0.3, 0.4) is 0 Å². The van der Waals surface area contributed by atoms with Gasteiger partial charge in [0.2, 0.25) is 15.9 Å². The lowest BCUT2D eigenvalue weighted by Gasteiger charge is -2.29. The minimum atomic E-state index is -3.53. The second kappa shape index (κ2) is 10.1. The first-order valence-electron chi connectivity index (χ1n) is 9.20. The number of nitrogens with one attached hydrogen (secondary N) is 2. The molecule has 8 nitrogen and oxygen atoms in total. The third-order valence-electron chi connectivity index (χ3n) is 4.75. The highest BCUT2D eigenvalue weighted by atomic mass is 32.2. The van der Waals surface area contributed by atoms with Crippen molar-refractivity contribution in [1.82, 2.24) is 9.62 Å². The fourth-order valence-electron chi connectivity index (χ4n) is 2.99. The van der Waals surface area contributed by atoms with Crippen LogP contribution in [0.1, 0.15) is 26.2 Å². The Balaban J connectivity index is 2.04. The molecule has 0 bridgehead atoms. The molecule has 0 aliphatic carbocycles. The third kappa shape index (κ3) is 6.11. The van der Waals surface area contributed by atoms with Crippen molar-refractivity contribution in [2.75, 3.05) is 30.4 Å². The fraction of sp³-hybridized carbons (Fsp3) is 0.556. The normalized spacial score (nSPS) is 17.1. The summed E-state index contributed by atoms with van der Waals surface area (Å²) < 4.78 is 27.0. The van der Waals surface area contributed by atoms with E-state index in [1.807, 2.05) is 6.26 Å². The van der Waals surface area contributed by atoms with Crippen LogP contribution < -0.4 is 16.4 Å². The lowest BCUT2D eigenvalue weighted by atomic mass is 10.0. The molecule has 0 radical (unpaired) electrons. The summed E-state index contributed by atoms with van der Waals surface area (Å²) in [5.74, 6) is 0.829. The summed E-state index contributed by atoms with van der Waals surface area (Å²) >= 11 is 1.56. The molecule has 1 aromatic rings. The van der Waals surface area contributed by atoms with Gasteiger partial charge < -0.3 is 16.4 Å². The topological polar surface area (TPSA) is 122 Å². The van der Waals surface area contributed by atoms with Gasteiger partial charge in [-0.05, 0) is 61.5 Å². The lowest BCUT2D eigenvalue weighted by molar-refractivity contribution is -0.117. The highest BCUT2D eigenvalue weighted by Gasteiger charge is 2.28. The second-order valence-electron chi connectivity index (χ2n) is 6.94. The van der Waals surface area contributed by atoms with E-state index >= 15 is 0 Å². The van der Waals surface area contributed by atoms with E-state index in [0.29, 0.717) is 36.9 Å². The Hall–Kier alpha value is -1.78. The van der Waals surface area contributed by atoms with Crippen molar-refractivity contribution < 1.29 is 18.0 Å². The number of primary amides is 1. The predicted octanol–water partition coefficient (Wildman–Crippen LogP) is 1.84. The summed E-state index contributed by atoms with van der Waals surface area (Å²) in [5.41, 5.74) is 5.59.